The van der Waals surface area contributed by atoms with Gasteiger partial charge in [0.2, 0.25) is 41.4 Å². The number of ether oxygens (including phenoxy) is 1. The number of carbonyl (C=O) groups is 7. The molecule has 7 amide bonds. The van der Waals surface area contributed by atoms with Gasteiger partial charge < -0.3 is 52.0 Å². The van der Waals surface area contributed by atoms with E-state index in [1.165, 1.54) is 22.8 Å². The number of halogens is 1. The lowest BCUT2D eigenvalue weighted by Gasteiger charge is -2.37. The SMILES string of the molecule is CC(=O)N1CC[C@H]2CC[C@@H](C(=O)N[C@@H](CCC(N)=O)COc3cc(C)cc(CCCC(=O)N[C@H](C(=O)N4C[C@H](O)C[C@H]4C(=O)N[C@@H](C)c4ccc(-c5scnc5C)cc4)C(C)(C)C)c3F)N2C(=O)[C@@H](N)C1. The highest BCUT2D eigenvalue weighted by atomic mass is 32.1. The molecule has 0 bridgehead atoms. The van der Waals surface area contributed by atoms with Gasteiger partial charge in [-0.25, -0.2) is 9.37 Å². The van der Waals surface area contributed by atoms with E-state index >= 15 is 4.39 Å². The fraction of sp³-hybridized carbons (Fsp3) is 0.569. The van der Waals surface area contributed by atoms with E-state index in [1.807, 2.05) is 38.1 Å². The van der Waals surface area contributed by atoms with Crippen molar-refractivity contribution in [3.05, 3.63) is 70.1 Å². The lowest BCUT2D eigenvalue weighted by molar-refractivity contribution is -0.144. The Morgan fingerprint density at radius 3 is 2.32 bits per heavy atom. The van der Waals surface area contributed by atoms with Crippen molar-refractivity contribution in [2.75, 3.05) is 26.2 Å². The number of primary amides is 1. The highest BCUT2D eigenvalue weighted by molar-refractivity contribution is 7.13. The van der Waals surface area contributed by atoms with Crippen LogP contribution in [-0.2, 0) is 40.0 Å². The van der Waals surface area contributed by atoms with E-state index in [1.54, 1.807) is 55.5 Å². The lowest BCUT2D eigenvalue weighted by Crippen LogP contribution is -2.59. The number of β-amino-alcohol motifs (C(OH)–C–C–N with tert-alkyl or cyclic N) is 1. The van der Waals surface area contributed by atoms with Crippen LogP contribution >= 0.6 is 11.3 Å². The first-order valence-corrected chi connectivity index (χ1v) is 25.3. The number of aryl methyl sites for hydroxylation is 3. The van der Waals surface area contributed by atoms with Gasteiger partial charge in [-0.3, -0.25) is 33.6 Å². The molecule has 8 atom stereocenters. The fourth-order valence-electron chi connectivity index (χ4n) is 9.73. The first-order valence-electron chi connectivity index (χ1n) is 24.4. The second-order valence-electron chi connectivity index (χ2n) is 20.3. The van der Waals surface area contributed by atoms with Crippen molar-refractivity contribution >= 4 is 52.7 Å². The van der Waals surface area contributed by atoms with Gasteiger partial charge in [0.25, 0.3) is 0 Å². The van der Waals surface area contributed by atoms with Crippen LogP contribution in [-0.4, -0.2) is 135 Å². The predicted molar refractivity (Wildman–Crippen MR) is 265 cm³/mol. The Morgan fingerprint density at radius 2 is 1.68 bits per heavy atom. The number of thiazole rings is 1. The molecule has 71 heavy (non-hydrogen) atoms. The van der Waals surface area contributed by atoms with E-state index < -0.39 is 89.0 Å². The number of amides is 7. The molecule has 0 saturated carbocycles. The Balaban J connectivity index is 1.04. The topological polar surface area (TPSA) is 260 Å². The maximum atomic E-state index is 16.1. The van der Waals surface area contributed by atoms with Gasteiger partial charge in [-0.1, -0.05) is 51.1 Å². The van der Waals surface area contributed by atoms with Crippen LogP contribution < -0.4 is 32.2 Å². The monoisotopic (exact) mass is 1000 g/mol. The van der Waals surface area contributed by atoms with E-state index in [-0.39, 0.29) is 81.5 Å². The lowest BCUT2D eigenvalue weighted by atomic mass is 9.85. The van der Waals surface area contributed by atoms with Crippen molar-refractivity contribution in [1.82, 2.24) is 35.6 Å². The standard InChI is InChI=1S/C51H70FN9O9S/c1-28-21-34(44(52)41(22-28)70-26-35(15-18-42(54)64)57-47(66)39-17-16-36-19-20-59(31(4)62)25-38(53)49(68)61(36)39)9-8-10-43(65)58-46(51(5,6)7)50(69)60-24-37(63)23-40(60)48(67)56-29(2)32-11-13-33(14-12-32)45-30(3)55-27-71-45/h11-14,21-22,27,29,35-40,46,63H,8-10,15-20,23-26,53H2,1-7H3,(H2,54,64)(H,56,67)(H,57,66)(H,58,65)/t29-,35-,36+,37+,38-,39-,40-,46+/m0/s1. The smallest absolute Gasteiger partial charge is 0.246 e. The number of fused-ring (bicyclic) bond motifs is 1. The number of nitrogens with zero attached hydrogens (tertiary/aromatic N) is 4. The number of likely N-dealkylation sites (tertiary alicyclic amines) is 1. The van der Waals surface area contributed by atoms with Crippen molar-refractivity contribution in [2.24, 2.45) is 16.9 Å². The molecule has 0 aliphatic carbocycles. The number of hydrogen-bond acceptors (Lipinski definition) is 12. The third-order valence-electron chi connectivity index (χ3n) is 13.7. The van der Waals surface area contributed by atoms with Crippen LogP contribution in [0.4, 0.5) is 4.39 Å². The molecule has 20 heteroatoms. The van der Waals surface area contributed by atoms with E-state index in [4.69, 9.17) is 16.2 Å². The van der Waals surface area contributed by atoms with Crippen molar-refractivity contribution in [3.63, 3.8) is 0 Å². The van der Waals surface area contributed by atoms with Gasteiger partial charge in [0.15, 0.2) is 11.6 Å². The summed E-state index contributed by atoms with van der Waals surface area (Å²) in [7, 11) is 0. The van der Waals surface area contributed by atoms with E-state index in [0.717, 1.165) is 21.7 Å². The number of nitrogens with two attached hydrogens (primary N) is 2. The number of aromatic nitrogens is 1. The number of hydrogen-bond donors (Lipinski definition) is 6. The molecule has 18 nitrogen and oxygen atoms in total. The number of aliphatic hydroxyl groups excluding tert-OH is 1. The Morgan fingerprint density at radius 1 is 0.972 bits per heavy atom. The Hall–Kier alpha value is -5.99. The molecule has 1 aromatic heterocycles. The molecule has 0 radical (unpaired) electrons. The number of benzene rings is 2. The summed E-state index contributed by atoms with van der Waals surface area (Å²) in [6.07, 6.45) is 0.770. The van der Waals surface area contributed by atoms with Crippen LogP contribution in [0.25, 0.3) is 10.4 Å². The van der Waals surface area contributed by atoms with Crippen LogP contribution in [0.1, 0.15) is 114 Å². The molecule has 386 valence electrons. The summed E-state index contributed by atoms with van der Waals surface area (Å²) in [5, 5.41) is 19.5. The van der Waals surface area contributed by atoms with Crippen molar-refractivity contribution < 1.29 is 47.8 Å². The zero-order valence-electron chi connectivity index (χ0n) is 41.8. The molecule has 2 aromatic carbocycles. The minimum absolute atomic E-state index is 0.0381. The third kappa shape index (κ3) is 13.7. The molecule has 3 saturated heterocycles. The average molecular weight is 1000 g/mol. The Kier molecular flexibility index (Phi) is 18.0. The molecule has 3 fully saturated rings. The van der Waals surface area contributed by atoms with Gasteiger partial charge in [-0.15, -0.1) is 11.3 Å². The van der Waals surface area contributed by atoms with Crippen LogP contribution in [0, 0.1) is 25.1 Å². The van der Waals surface area contributed by atoms with Crippen molar-refractivity contribution in [1.29, 1.82) is 0 Å². The Labute approximate surface area is 418 Å². The van der Waals surface area contributed by atoms with Crippen LogP contribution in [0.2, 0.25) is 0 Å². The maximum Gasteiger partial charge on any atom is 0.246 e. The molecule has 3 aliphatic rings. The minimum atomic E-state index is -1.05. The zero-order valence-corrected chi connectivity index (χ0v) is 42.6. The number of nitrogens with one attached hydrogen (secondary N) is 3. The van der Waals surface area contributed by atoms with E-state index in [2.05, 4.69) is 20.9 Å². The largest absolute Gasteiger partial charge is 0.488 e. The van der Waals surface area contributed by atoms with E-state index in [0.29, 0.717) is 31.4 Å². The van der Waals surface area contributed by atoms with E-state index in [9.17, 15) is 38.7 Å². The zero-order chi connectivity index (χ0) is 51.9. The second kappa shape index (κ2) is 23.5. The maximum absolute atomic E-state index is 16.1. The van der Waals surface area contributed by atoms with Crippen molar-refractivity contribution in [2.45, 2.75) is 155 Å². The van der Waals surface area contributed by atoms with Crippen LogP contribution in [0.3, 0.4) is 0 Å². The first-order chi connectivity index (χ1) is 33.5. The summed E-state index contributed by atoms with van der Waals surface area (Å²) in [5.41, 5.74) is 16.5. The van der Waals surface area contributed by atoms with Gasteiger partial charge in [0.05, 0.1) is 34.3 Å². The molecule has 0 spiro atoms. The van der Waals surface area contributed by atoms with Crippen LogP contribution in [0.5, 0.6) is 5.75 Å². The summed E-state index contributed by atoms with van der Waals surface area (Å²) < 4.78 is 22.1. The fourth-order valence-corrected chi connectivity index (χ4v) is 10.5. The Bertz CT molecular complexity index is 2450. The number of aliphatic hydroxyl groups is 1. The second-order valence-corrected chi connectivity index (χ2v) is 21.2. The summed E-state index contributed by atoms with van der Waals surface area (Å²) in [4.78, 5) is 103. The molecule has 8 N–H and O–H groups in total. The summed E-state index contributed by atoms with van der Waals surface area (Å²) in [5.74, 6) is -3.81. The molecule has 3 aliphatic heterocycles. The quantitative estimate of drug-likeness (QED) is 0.108. The molecule has 4 heterocycles. The third-order valence-corrected chi connectivity index (χ3v) is 14.6. The normalized spacial score (nSPS) is 21.6. The number of carbonyl (C=O) groups excluding carboxylic acids is 7. The van der Waals surface area contributed by atoms with Crippen LogP contribution in [0.15, 0.2) is 41.9 Å². The van der Waals surface area contributed by atoms with Gasteiger partial charge in [-0.2, -0.15) is 0 Å². The highest BCUT2D eigenvalue weighted by Crippen LogP contribution is 2.32. The minimum Gasteiger partial charge on any atom is -0.488 e. The van der Waals surface area contributed by atoms with Crippen molar-refractivity contribution in [3.8, 4) is 16.2 Å². The van der Waals surface area contributed by atoms with Gasteiger partial charge in [0, 0.05) is 51.9 Å². The first kappa shape index (κ1) is 54.3. The summed E-state index contributed by atoms with van der Waals surface area (Å²) in [6.45, 7) is 12.5. The summed E-state index contributed by atoms with van der Waals surface area (Å²) >= 11 is 1.55. The molecular formula is C51H70FN9O9S. The average Bonchev–Trinajstić information content (AvgIpc) is 4.05. The molecular weight excluding hydrogens is 934 g/mol. The van der Waals surface area contributed by atoms with Gasteiger partial charge >= 0.3 is 0 Å². The molecule has 0 unspecified atom stereocenters. The molecule has 6 rings (SSSR count). The predicted octanol–water partition coefficient (Wildman–Crippen LogP) is 3.33. The highest BCUT2D eigenvalue weighted by Gasteiger charge is 2.46. The van der Waals surface area contributed by atoms with Gasteiger partial charge in [-0.05, 0) is 93.0 Å². The summed E-state index contributed by atoms with van der Waals surface area (Å²) in [6, 6.07) is 5.65. The molecule has 3 aromatic rings. The number of rotatable bonds is 18. The van der Waals surface area contributed by atoms with Gasteiger partial charge in [0.1, 0.15) is 30.8 Å².